The van der Waals surface area contributed by atoms with Crippen molar-refractivity contribution in [3.05, 3.63) is 64.0 Å². The number of nitrogens with zero attached hydrogens (tertiary/aromatic N) is 2. The maximum atomic E-state index is 13.3. The Bertz CT molecular complexity index is 925. The molecule has 0 radical (unpaired) electrons. The molecule has 1 fully saturated rings. The van der Waals surface area contributed by atoms with Gasteiger partial charge in [-0.2, -0.15) is 0 Å². The maximum Gasteiger partial charge on any atom is 0.260 e. The number of benzene rings is 1. The van der Waals surface area contributed by atoms with Gasteiger partial charge in [-0.05, 0) is 48.7 Å². The Kier molecular flexibility index (Phi) is 4.11. The summed E-state index contributed by atoms with van der Waals surface area (Å²) in [5, 5.41) is 1.68. The summed E-state index contributed by atoms with van der Waals surface area (Å²) in [6.45, 7) is 0. The van der Waals surface area contributed by atoms with Crippen LogP contribution in [0.15, 0.2) is 53.5 Å². The molecule has 0 N–H and O–H groups in total. The van der Waals surface area contributed by atoms with Crippen molar-refractivity contribution in [2.24, 2.45) is 0 Å². The van der Waals surface area contributed by atoms with Crippen LogP contribution in [0, 0.1) is 0 Å². The zero-order valence-electron chi connectivity index (χ0n) is 13.4. The summed E-state index contributed by atoms with van der Waals surface area (Å²) in [7, 11) is 0. The van der Waals surface area contributed by atoms with Crippen LogP contribution in [0.4, 0.5) is 0 Å². The van der Waals surface area contributed by atoms with Gasteiger partial charge in [0.05, 0.1) is 0 Å². The predicted molar refractivity (Wildman–Crippen MR) is 98.6 cm³/mol. The Labute approximate surface area is 145 Å². The van der Waals surface area contributed by atoms with E-state index < -0.39 is 0 Å². The predicted octanol–water partition coefficient (Wildman–Crippen LogP) is 5.22. The number of aromatic nitrogens is 2. The maximum absolute atomic E-state index is 13.3. The molecule has 1 saturated carbocycles. The molecule has 1 aromatic carbocycles. The Morgan fingerprint density at radius 2 is 1.79 bits per heavy atom. The fourth-order valence-corrected chi connectivity index (χ4v) is 3.81. The van der Waals surface area contributed by atoms with E-state index in [1.165, 1.54) is 19.3 Å². The number of hydrogen-bond acceptors (Lipinski definition) is 2. The van der Waals surface area contributed by atoms with Crippen molar-refractivity contribution >= 4 is 22.6 Å². The standard InChI is InChI=1S/C20H19ClN2O/c21-16-10-8-14(9-11-16)18-13-15-5-4-12-22-19(15)23(20(18)24)17-6-2-1-3-7-17/h4-5,8-13,17H,1-3,6-7H2. The van der Waals surface area contributed by atoms with Crippen molar-refractivity contribution in [3.63, 3.8) is 0 Å². The second-order valence-corrected chi connectivity index (χ2v) is 6.88. The largest absolute Gasteiger partial charge is 0.289 e. The monoisotopic (exact) mass is 338 g/mol. The highest BCUT2D eigenvalue weighted by molar-refractivity contribution is 6.30. The first kappa shape index (κ1) is 15.4. The van der Waals surface area contributed by atoms with Crippen LogP contribution in [0.1, 0.15) is 38.1 Å². The first-order chi connectivity index (χ1) is 11.7. The van der Waals surface area contributed by atoms with Crippen molar-refractivity contribution in [1.29, 1.82) is 0 Å². The van der Waals surface area contributed by atoms with Gasteiger partial charge in [-0.25, -0.2) is 4.98 Å². The van der Waals surface area contributed by atoms with Crippen molar-refractivity contribution in [2.45, 2.75) is 38.1 Å². The average molecular weight is 339 g/mol. The van der Waals surface area contributed by atoms with E-state index in [1.54, 1.807) is 6.20 Å². The Hall–Kier alpha value is -2.13. The summed E-state index contributed by atoms with van der Waals surface area (Å²) in [6.07, 6.45) is 7.48. The molecule has 0 bridgehead atoms. The summed E-state index contributed by atoms with van der Waals surface area (Å²) >= 11 is 5.99. The van der Waals surface area contributed by atoms with Gasteiger partial charge in [0.1, 0.15) is 5.65 Å². The second-order valence-electron chi connectivity index (χ2n) is 6.45. The smallest absolute Gasteiger partial charge is 0.260 e. The molecule has 0 atom stereocenters. The number of halogens is 1. The molecule has 0 amide bonds. The van der Waals surface area contributed by atoms with Gasteiger partial charge < -0.3 is 0 Å². The zero-order valence-corrected chi connectivity index (χ0v) is 14.2. The van der Waals surface area contributed by atoms with Crippen LogP contribution < -0.4 is 5.56 Å². The first-order valence-corrected chi connectivity index (χ1v) is 8.88. The van der Waals surface area contributed by atoms with E-state index in [-0.39, 0.29) is 11.6 Å². The average Bonchev–Trinajstić information content (AvgIpc) is 2.63. The lowest BCUT2D eigenvalue weighted by Gasteiger charge is -2.25. The molecular formula is C20H19ClN2O. The quantitative estimate of drug-likeness (QED) is 0.642. The molecule has 4 rings (SSSR count). The lowest BCUT2D eigenvalue weighted by atomic mass is 9.94. The molecule has 3 aromatic rings. The van der Waals surface area contributed by atoms with Crippen LogP contribution in [-0.4, -0.2) is 9.55 Å². The highest BCUT2D eigenvalue weighted by Gasteiger charge is 2.21. The normalized spacial score (nSPS) is 15.7. The molecule has 122 valence electrons. The molecule has 2 heterocycles. The van der Waals surface area contributed by atoms with Crippen molar-refractivity contribution in [3.8, 4) is 11.1 Å². The minimum atomic E-state index is 0.0513. The molecule has 0 spiro atoms. The third-order valence-electron chi connectivity index (χ3n) is 4.89. The molecule has 0 unspecified atom stereocenters. The molecule has 3 nitrogen and oxygen atoms in total. The molecule has 0 aliphatic heterocycles. The lowest BCUT2D eigenvalue weighted by molar-refractivity contribution is 0.353. The Balaban J connectivity index is 1.96. The van der Waals surface area contributed by atoms with Gasteiger partial charge in [-0.1, -0.05) is 43.0 Å². The SMILES string of the molecule is O=c1c(-c2ccc(Cl)cc2)cc2cccnc2n1C1CCCCC1. The topological polar surface area (TPSA) is 34.9 Å². The minimum absolute atomic E-state index is 0.0513. The van der Waals surface area contributed by atoms with E-state index >= 15 is 0 Å². The minimum Gasteiger partial charge on any atom is -0.289 e. The molecular weight excluding hydrogens is 320 g/mol. The van der Waals surface area contributed by atoms with Crippen molar-refractivity contribution in [1.82, 2.24) is 9.55 Å². The summed E-state index contributed by atoms with van der Waals surface area (Å²) in [6, 6.07) is 13.6. The van der Waals surface area contributed by atoms with Gasteiger partial charge >= 0.3 is 0 Å². The summed E-state index contributed by atoms with van der Waals surface area (Å²) in [4.78, 5) is 17.8. The number of pyridine rings is 2. The first-order valence-electron chi connectivity index (χ1n) is 8.50. The van der Waals surface area contributed by atoms with Gasteiger partial charge in [0, 0.05) is 28.2 Å². The summed E-state index contributed by atoms with van der Waals surface area (Å²) in [5.41, 5.74) is 2.47. The fourth-order valence-electron chi connectivity index (χ4n) is 3.68. The molecule has 24 heavy (non-hydrogen) atoms. The van der Waals surface area contributed by atoms with E-state index in [9.17, 15) is 4.79 Å². The van der Waals surface area contributed by atoms with E-state index in [0.717, 1.165) is 35.0 Å². The Morgan fingerprint density at radius 1 is 1.04 bits per heavy atom. The van der Waals surface area contributed by atoms with Gasteiger partial charge in [0.25, 0.3) is 5.56 Å². The van der Waals surface area contributed by atoms with E-state index in [0.29, 0.717) is 5.02 Å². The van der Waals surface area contributed by atoms with Gasteiger partial charge in [0.15, 0.2) is 0 Å². The molecule has 1 aliphatic rings. The third kappa shape index (κ3) is 2.73. The van der Waals surface area contributed by atoms with Crippen molar-refractivity contribution in [2.75, 3.05) is 0 Å². The number of fused-ring (bicyclic) bond motifs is 1. The lowest BCUT2D eigenvalue weighted by Crippen LogP contribution is -2.28. The third-order valence-corrected chi connectivity index (χ3v) is 5.14. The highest BCUT2D eigenvalue weighted by Crippen LogP contribution is 2.30. The number of hydrogen-bond donors (Lipinski definition) is 0. The van der Waals surface area contributed by atoms with Crippen LogP contribution in [0.5, 0.6) is 0 Å². The van der Waals surface area contributed by atoms with Crippen LogP contribution in [0.25, 0.3) is 22.2 Å². The van der Waals surface area contributed by atoms with Crippen LogP contribution in [-0.2, 0) is 0 Å². The second kappa shape index (κ2) is 6.40. The van der Waals surface area contributed by atoms with Crippen molar-refractivity contribution < 1.29 is 0 Å². The van der Waals surface area contributed by atoms with Gasteiger partial charge in [0.2, 0.25) is 0 Å². The van der Waals surface area contributed by atoms with Crippen LogP contribution in [0.2, 0.25) is 5.02 Å². The fraction of sp³-hybridized carbons (Fsp3) is 0.300. The number of rotatable bonds is 2. The molecule has 4 heteroatoms. The van der Waals surface area contributed by atoms with E-state index in [4.69, 9.17) is 11.6 Å². The zero-order chi connectivity index (χ0) is 16.5. The van der Waals surface area contributed by atoms with E-state index in [1.807, 2.05) is 47.0 Å². The molecule has 2 aromatic heterocycles. The summed E-state index contributed by atoms with van der Waals surface area (Å²) in [5.74, 6) is 0. The van der Waals surface area contributed by atoms with Crippen LogP contribution in [0.3, 0.4) is 0 Å². The van der Waals surface area contributed by atoms with Crippen LogP contribution >= 0.6 is 11.6 Å². The van der Waals surface area contributed by atoms with E-state index in [2.05, 4.69) is 4.98 Å². The Morgan fingerprint density at radius 3 is 2.54 bits per heavy atom. The van der Waals surface area contributed by atoms with Gasteiger partial charge in [-0.3, -0.25) is 9.36 Å². The summed E-state index contributed by atoms with van der Waals surface area (Å²) < 4.78 is 1.93. The molecule has 0 saturated heterocycles. The highest BCUT2D eigenvalue weighted by atomic mass is 35.5. The van der Waals surface area contributed by atoms with Gasteiger partial charge in [-0.15, -0.1) is 0 Å². The molecule has 1 aliphatic carbocycles.